The normalized spacial score (nSPS) is 10.8. The van der Waals surface area contributed by atoms with E-state index in [-0.39, 0.29) is 0 Å². The zero-order valence-electron chi connectivity index (χ0n) is 14.8. The molecule has 4 rings (SSSR count). The molecule has 3 aromatic carbocycles. The number of rotatable bonds is 4. The number of hydrogen-bond acceptors (Lipinski definition) is 2. The van der Waals surface area contributed by atoms with Crippen LogP contribution in [0.4, 0.5) is 0 Å². The molecular formula is C24H21NO. The monoisotopic (exact) mass is 339 g/mol. The largest absolute Gasteiger partial charge is 0.464 e. The fourth-order valence-corrected chi connectivity index (χ4v) is 3.23. The lowest BCUT2D eigenvalue weighted by atomic mass is 9.97. The zero-order chi connectivity index (χ0) is 17.9. The SMILES string of the molecule is Cc1cc(-c2cc(-c3ccc(CN)cc3)co2)ccc1-c1ccccc1. The molecule has 0 bridgehead atoms. The van der Waals surface area contributed by atoms with Gasteiger partial charge in [0.25, 0.3) is 0 Å². The van der Waals surface area contributed by atoms with E-state index in [9.17, 15) is 0 Å². The summed E-state index contributed by atoms with van der Waals surface area (Å²) in [6.45, 7) is 2.70. The third kappa shape index (κ3) is 3.19. The molecule has 0 amide bonds. The first kappa shape index (κ1) is 16.4. The van der Waals surface area contributed by atoms with E-state index in [1.165, 1.54) is 16.7 Å². The molecule has 0 unspecified atom stereocenters. The zero-order valence-corrected chi connectivity index (χ0v) is 14.8. The third-order valence-electron chi connectivity index (χ3n) is 4.72. The Kier molecular flexibility index (Phi) is 4.42. The van der Waals surface area contributed by atoms with Gasteiger partial charge in [-0.25, -0.2) is 0 Å². The number of nitrogens with two attached hydrogens (primary N) is 1. The molecule has 0 atom stereocenters. The van der Waals surface area contributed by atoms with Crippen LogP contribution in [0, 0.1) is 6.92 Å². The van der Waals surface area contributed by atoms with Crippen LogP contribution in [0.2, 0.25) is 0 Å². The number of benzene rings is 3. The number of hydrogen-bond donors (Lipinski definition) is 1. The summed E-state index contributed by atoms with van der Waals surface area (Å²) in [5.41, 5.74) is 13.8. The molecular weight excluding hydrogens is 318 g/mol. The van der Waals surface area contributed by atoms with Crippen molar-refractivity contribution in [1.29, 1.82) is 0 Å². The second-order valence-corrected chi connectivity index (χ2v) is 6.50. The van der Waals surface area contributed by atoms with Crippen LogP contribution in [0.15, 0.2) is 89.5 Å². The molecule has 0 aliphatic rings. The van der Waals surface area contributed by atoms with Crippen molar-refractivity contribution in [2.24, 2.45) is 5.73 Å². The third-order valence-corrected chi connectivity index (χ3v) is 4.72. The minimum absolute atomic E-state index is 0.559. The highest BCUT2D eigenvalue weighted by atomic mass is 16.3. The Morgan fingerprint density at radius 1 is 0.731 bits per heavy atom. The fourth-order valence-electron chi connectivity index (χ4n) is 3.23. The van der Waals surface area contributed by atoms with E-state index < -0.39 is 0 Å². The Balaban J connectivity index is 1.64. The molecule has 0 saturated carbocycles. The minimum atomic E-state index is 0.559. The maximum atomic E-state index is 5.84. The van der Waals surface area contributed by atoms with E-state index in [1.807, 2.05) is 12.3 Å². The Labute approximate surface area is 153 Å². The lowest BCUT2D eigenvalue weighted by molar-refractivity contribution is 0.583. The van der Waals surface area contributed by atoms with Crippen LogP contribution in [-0.4, -0.2) is 0 Å². The molecule has 0 saturated heterocycles. The molecule has 0 spiro atoms. The molecule has 2 nitrogen and oxygen atoms in total. The second-order valence-electron chi connectivity index (χ2n) is 6.50. The van der Waals surface area contributed by atoms with E-state index in [0.29, 0.717) is 6.54 Å². The van der Waals surface area contributed by atoms with Gasteiger partial charge >= 0.3 is 0 Å². The summed E-state index contributed by atoms with van der Waals surface area (Å²) in [5.74, 6) is 0.880. The summed E-state index contributed by atoms with van der Waals surface area (Å²) < 4.78 is 5.84. The lowest BCUT2D eigenvalue weighted by Crippen LogP contribution is -1.94. The van der Waals surface area contributed by atoms with Crippen molar-refractivity contribution in [2.45, 2.75) is 13.5 Å². The molecule has 2 N–H and O–H groups in total. The standard InChI is InChI=1S/C24H21NO/c1-17-13-21(11-12-23(17)20-5-3-2-4-6-20)24-14-22(16-26-24)19-9-7-18(15-25)8-10-19/h2-14,16H,15,25H2,1H3. The maximum Gasteiger partial charge on any atom is 0.134 e. The number of furan rings is 1. The van der Waals surface area contributed by atoms with Gasteiger partial charge in [-0.3, -0.25) is 0 Å². The van der Waals surface area contributed by atoms with Gasteiger partial charge < -0.3 is 10.2 Å². The Hall–Kier alpha value is -3.10. The van der Waals surface area contributed by atoms with Crippen LogP contribution in [0.25, 0.3) is 33.6 Å². The van der Waals surface area contributed by atoms with Crippen LogP contribution in [0.1, 0.15) is 11.1 Å². The summed E-state index contributed by atoms with van der Waals surface area (Å²) in [5, 5.41) is 0. The molecule has 0 aliphatic heterocycles. The molecule has 26 heavy (non-hydrogen) atoms. The Morgan fingerprint density at radius 3 is 2.15 bits per heavy atom. The lowest BCUT2D eigenvalue weighted by Gasteiger charge is -2.07. The van der Waals surface area contributed by atoms with Crippen LogP contribution in [-0.2, 0) is 6.54 Å². The first-order chi connectivity index (χ1) is 12.7. The van der Waals surface area contributed by atoms with Crippen molar-refractivity contribution in [3.05, 3.63) is 96.3 Å². The van der Waals surface area contributed by atoms with E-state index >= 15 is 0 Å². The van der Waals surface area contributed by atoms with Crippen molar-refractivity contribution in [3.63, 3.8) is 0 Å². The van der Waals surface area contributed by atoms with Gasteiger partial charge in [0.1, 0.15) is 5.76 Å². The molecule has 1 aromatic heterocycles. The average Bonchev–Trinajstić information content (AvgIpc) is 3.19. The smallest absolute Gasteiger partial charge is 0.134 e. The van der Waals surface area contributed by atoms with Gasteiger partial charge in [-0.05, 0) is 46.9 Å². The summed E-state index contributed by atoms with van der Waals surface area (Å²) in [4.78, 5) is 0. The predicted octanol–water partition coefficient (Wildman–Crippen LogP) is 6.05. The Morgan fingerprint density at radius 2 is 1.46 bits per heavy atom. The van der Waals surface area contributed by atoms with Crippen LogP contribution in [0.3, 0.4) is 0 Å². The highest BCUT2D eigenvalue weighted by Gasteiger charge is 2.09. The van der Waals surface area contributed by atoms with Gasteiger partial charge in [-0.2, -0.15) is 0 Å². The van der Waals surface area contributed by atoms with Crippen LogP contribution in [0.5, 0.6) is 0 Å². The maximum absolute atomic E-state index is 5.84. The van der Waals surface area contributed by atoms with Gasteiger partial charge in [-0.1, -0.05) is 66.7 Å². The van der Waals surface area contributed by atoms with Crippen molar-refractivity contribution in [3.8, 4) is 33.6 Å². The van der Waals surface area contributed by atoms with Gasteiger partial charge in [-0.15, -0.1) is 0 Å². The van der Waals surface area contributed by atoms with Gasteiger partial charge in [0.2, 0.25) is 0 Å². The average molecular weight is 339 g/mol. The van der Waals surface area contributed by atoms with Crippen molar-refractivity contribution in [2.75, 3.05) is 0 Å². The summed E-state index contributed by atoms with van der Waals surface area (Å²) >= 11 is 0. The highest BCUT2D eigenvalue weighted by molar-refractivity contribution is 5.74. The van der Waals surface area contributed by atoms with Crippen molar-refractivity contribution >= 4 is 0 Å². The van der Waals surface area contributed by atoms with Crippen LogP contribution >= 0.6 is 0 Å². The van der Waals surface area contributed by atoms with Gasteiger partial charge in [0, 0.05) is 17.7 Å². The van der Waals surface area contributed by atoms with Gasteiger partial charge in [0.05, 0.1) is 6.26 Å². The molecule has 2 heteroatoms. The molecule has 0 radical (unpaired) electrons. The first-order valence-corrected chi connectivity index (χ1v) is 8.79. The summed E-state index contributed by atoms with van der Waals surface area (Å²) in [6, 6.07) is 27.3. The van der Waals surface area contributed by atoms with E-state index in [2.05, 4.69) is 79.7 Å². The van der Waals surface area contributed by atoms with Crippen LogP contribution < -0.4 is 5.73 Å². The molecule has 128 valence electrons. The molecule has 0 fully saturated rings. The topological polar surface area (TPSA) is 39.2 Å². The predicted molar refractivity (Wildman–Crippen MR) is 108 cm³/mol. The second kappa shape index (κ2) is 7.03. The highest BCUT2D eigenvalue weighted by Crippen LogP contribution is 2.32. The Bertz CT molecular complexity index is 1010. The summed E-state index contributed by atoms with van der Waals surface area (Å²) in [6.07, 6.45) is 1.81. The first-order valence-electron chi connectivity index (χ1n) is 8.79. The quantitative estimate of drug-likeness (QED) is 0.492. The van der Waals surface area contributed by atoms with E-state index in [0.717, 1.165) is 28.0 Å². The van der Waals surface area contributed by atoms with Crippen molar-refractivity contribution < 1.29 is 4.42 Å². The molecule has 0 aliphatic carbocycles. The minimum Gasteiger partial charge on any atom is -0.464 e. The van der Waals surface area contributed by atoms with Crippen molar-refractivity contribution in [1.82, 2.24) is 0 Å². The van der Waals surface area contributed by atoms with E-state index in [1.54, 1.807) is 0 Å². The molecule has 4 aromatic rings. The van der Waals surface area contributed by atoms with Gasteiger partial charge in [0.15, 0.2) is 0 Å². The molecule has 1 heterocycles. The summed E-state index contributed by atoms with van der Waals surface area (Å²) in [7, 11) is 0. The fraction of sp³-hybridized carbons (Fsp3) is 0.0833. The number of aryl methyl sites for hydroxylation is 1. The van der Waals surface area contributed by atoms with E-state index in [4.69, 9.17) is 10.2 Å².